The molecule has 2 atom stereocenters. The van der Waals surface area contributed by atoms with E-state index in [4.69, 9.17) is 19.4 Å². The van der Waals surface area contributed by atoms with Crippen LogP contribution >= 0.6 is 0 Å². The first kappa shape index (κ1) is 23.1. The molecule has 4 rings (SSSR count). The minimum atomic E-state index is -5.08. The number of ether oxygens (including phenoxy) is 2. The third-order valence-corrected chi connectivity index (χ3v) is 5.78. The van der Waals surface area contributed by atoms with E-state index in [0.29, 0.717) is 19.1 Å². The van der Waals surface area contributed by atoms with E-state index in [-0.39, 0.29) is 11.3 Å². The number of carbonyl (C=O) groups is 2. The number of pyridine rings is 1. The topological polar surface area (TPSA) is 89.0 Å². The summed E-state index contributed by atoms with van der Waals surface area (Å²) in [5.74, 6) is -1.39. The first-order chi connectivity index (χ1) is 14.7. The van der Waals surface area contributed by atoms with E-state index in [1.807, 2.05) is 17.0 Å². The maximum absolute atomic E-state index is 12.8. The van der Waals surface area contributed by atoms with Crippen LogP contribution in [0.5, 0.6) is 5.75 Å². The van der Waals surface area contributed by atoms with Gasteiger partial charge in [0.1, 0.15) is 5.75 Å². The lowest BCUT2D eigenvalue weighted by molar-refractivity contribution is -0.192. The summed E-state index contributed by atoms with van der Waals surface area (Å²) in [4.78, 5) is 27.8. The van der Waals surface area contributed by atoms with Crippen molar-refractivity contribution in [3.8, 4) is 5.75 Å². The van der Waals surface area contributed by atoms with Crippen molar-refractivity contribution < 1.29 is 37.3 Å². The van der Waals surface area contributed by atoms with Crippen LogP contribution in [0.4, 0.5) is 13.2 Å². The largest absolute Gasteiger partial charge is 0.491 e. The van der Waals surface area contributed by atoms with Crippen molar-refractivity contribution in [3.05, 3.63) is 36.2 Å². The number of halogens is 3. The molecule has 2 aliphatic heterocycles. The van der Waals surface area contributed by atoms with Crippen LogP contribution in [-0.2, 0) is 14.3 Å². The number of alkyl halides is 3. The van der Waals surface area contributed by atoms with Gasteiger partial charge in [0.05, 0.1) is 31.4 Å². The van der Waals surface area contributed by atoms with Gasteiger partial charge in [-0.1, -0.05) is 6.08 Å². The minimum absolute atomic E-state index is 0.0826. The molecule has 0 spiro atoms. The Bertz CT molecular complexity index is 815. The molecule has 2 fully saturated rings. The summed E-state index contributed by atoms with van der Waals surface area (Å²) in [5, 5.41) is 7.12. The quantitative estimate of drug-likeness (QED) is 0.771. The summed E-state index contributed by atoms with van der Waals surface area (Å²) in [5.41, 5.74) is 0.922. The van der Waals surface area contributed by atoms with E-state index < -0.39 is 12.1 Å². The lowest BCUT2D eigenvalue weighted by Crippen LogP contribution is -2.38. The minimum Gasteiger partial charge on any atom is -0.491 e. The van der Waals surface area contributed by atoms with E-state index >= 15 is 0 Å². The number of aromatic nitrogens is 1. The zero-order valence-electron chi connectivity index (χ0n) is 16.9. The summed E-state index contributed by atoms with van der Waals surface area (Å²) < 4.78 is 43.4. The second kappa shape index (κ2) is 9.67. The van der Waals surface area contributed by atoms with Gasteiger partial charge in [0.2, 0.25) is 5.91 Å². The number of carboxylic acid groups (broad SMARTS) is 1. The fourth-order valence-corrected chi connectivity index (χ4v) is 4.09. The standard InChI is InChI=1S/C19H24N2O3.C2HF3O2/c22-18(15-5-2-1-3-6-15)21-10-16-11-23-13-19(16,12-21)14-24-17-7-4-8-20-9-17;3-2(4,5)1(6)7/h4-5,7-9,16H,1-3,6,10-14H2;(H,6,7)/t16-,19+;/m1./s1. The van der Waals surface area contributed by atoms with E-state index in [1.54, 1.807) is 12.4 Å². The van der Waals surface area contributed by atoms with E-state index in [0.717, 1.165) is 50.3 Å². The fourth-order valence-electron chi connectivity index (χ4n) is 4.09. The van der Waals surface area contributed by atoms with Crippen LogP contribution in [-0.4, -0.2) is 66.0 Å². The molecular formula is C21H25F3N2O5. The van der Waals surface area contributed by atoms with Gasteiger partial charge >= 0.3 is 12.1 Å². The highest BCUT2D eigenvalue weighted by Crippen LogP contribution is 2.42. The predicted octanol–water partition coefficient (Wildman–Crippen LogP) is 3.07. The summed E-state index contributed by atoms with van der Waals surface area (Å²) in [6, 6.07) is 3.79. The average molecular weight is 442 g/mol. The zero-order valence-corrected chi connectivity index (χ0v) is 16.9. The molecule has 0 aromatic carbocycles. The van der Waals surface area contributed by atoms with Gasteiger partial charge in [-0.25, -0.2) is 4.79 Å². The van der Waals surface area contributed by atoms with Gasteiger partial charge in [0.15, 0.2) is 0 Å². The number of carbonyl (C=O) groups excluding carboxylic acids is 1. The van der Waals surface area contributed by atoms with Crippen molar-refractivity contribution in [2.75, 3.05) is 32.9 Å². The second-order valence-electron chi connectivity index (χ2n) is 8.02. The highest BCUT2D eigenvalue weighted by molar-refractivity contribution is 5.93. The molecule has 10 heteroatoms. The van der Waals surface area contributed by atoms with Crippen LogP contribution in [0.15, 0.2) is 36.2 Å². The van der Waals surface area contributed by atoms with Crippen LogP contribution in [0.3, 0.4) is 0 Å². The molecule has 1 aromatic rings. The Balaban J connectivity index is 0.000000339. The van der Waals surface area contributed by atoms with Crippen LogP contribution < -0.4 is 4.74 Å². The van der Waals surface area contributed by atoms with E-state index in [9.17, 15) is 18.0 Å². The molecule has 3 heterocycles. The van der Waals surface area contributed by atoms with Gasteiger partial charge in [0, 0.05) is 30.8 Å². The Morgan fingerprint density at radius 2 is 2.13 bits per heavy atom. The summed E-state index contributed by atoms with van der Waals surface area (Å²) in [7, 11) is 0. The molecule has 1 aromatic heterocycles. The Morgan fingerprint density at radius 1 is 1.35 bits per heavy atom. The van der Waals surface area contributed by atoms with Crippen molar-refractivity contribution in [2.45, 2.75) is 31.9 Å². The van der Waals surface area contributed by atoms with Crippen molar-refractivity contribution in [1.82, 2.24) is 9.88 Å². The monoisotopic (exact) mass is 442 g/mol. The van der Waals surface area contributed by atoms with E-state index in [2.05, 4.69) is 11.1 Å². The zero-order chi connectivity index (χ0) is 22.5. The third kappa shape index (κ3) is 5.75. The molecule has 7 nitrogen and oxygen atoms in total. The molecule has 1 N–H and O–H groups in total. The molecule has 2 saturated heterocycles. The summed E-state index contributed by atoms with van der Waals surface area (Å²) >= 11 is 0. The average Bonchev–Trinajstić information content (AvgIpc) is 3.30. The summed E-state index contributed by atoms with van der Waals surface area (Å²) in [6.07, 6.45) is 4.82. The number of carboxylic acids is 1. The lowest BCUT2D eigenvalue weighted by atomic mass is 9.82. The molecule has 1 amide bonds. The Hall–Kier alpha value is -2.62. The first-order valence-electron chi connectivity index (χ1n) is 10.1. The van der Waals surface area contributed by atoms with Crippen LogP contribution in [0.2, 0.25) is 0 Å². The third-order valence-electron chi connectivity index (χ3n) is 5.78. The second-order valence-corrected chi connectivity index (χ2v) is 8.02. The SMILES string of the molecule is O=C(C1=CCCCC1)N1C[C@@H]2COC[C@]2(COc2cccnc2)C1.O=C(O)C(F)(F)F. The van der Waals surface area contributed by atoms with Gasteiger partial charge in [-0.3, -0.25) is 9.78 Å². The van der Waals surface area contributed by atoms with Crippen LogP contribution in [0.1, 0.15) is 25.7 Å². The number of amides is 1. The molecule has 3 aliphatic rings. The highest BCUT2D eigenvalue weighted by atomic mass is 19.4. The Labute approximate surface area is 177 Å². The fraction of sp³-hybridized carbons (Fsp3) is 0.571. The Morgan fingerprint density at radius 3 is 2.74 bits per heavy atom. The molecule has 170 valence electrons. The van der Waals surface area contributed by atoms with Gasteiger partial charge in [-0.05, 0) is 37.8 Å². The predicted molar refractivity (Wildman–Crippen MR) is 103 cm³/mol. The number of hydrogen-bond acceptors (Lipinski definition) is 5. The molecule has 0 saturated carbocycles. The van der Waals surface area contributed by atoms with Crippen molar-refractivity contribution in [3.63, 3.8) is 0 Å². The summed E-state index contributed by atoms with van der Waals surface area (Å²) in [6.45, 7) is 3.48. The van der Waals surface area contributed by atoms with Crippen molar-refractivity contribution in [2.24, 2.45) is 11.3 Å². The van der Waals surface area contributed by atoms with Gasteiger partial charge in [0.25, 0.3) is 0 Å². The van der Waals surface area contributed by atoms with Crippen LogP contribution in [0.25, 0.3) is 0 Å². The number of hydrogen-bond donors (Lipinski definition) is 1. The number of fused-ring (bicyclic) bond motifs is 1. The molecule has 0 bridgehead atoms. The highest BCUT2D eigenvalue weighted by Gasteiger charge is 2.52. The first-order valence-corrected chi connectivity index (χ1v) is 10.1. The maximum atomic E-state index is 12.8. The Kier molecular flexibility index (Phi) is 7.19. The molecule has 1 aliphatic carbocycles. The van der Waals surface area contributed by atoms with Gasteiger partial charge in [-0.15, -0.1) is 0 Å². The molecule has 31 heavy (non-hydrogen) atoms. The number of rotatable bonds is 4. The lowest BCUT2D eigenvalue weighted by Gasteiger charge is -2.27. The van der Waals surface area contributed by atoms with Gasteiger partial charge < -0.3 is 19.5 Å². The molecule has 0 unspecified atom stereocenters. The number of aliphatic carboxylic acids is 1. The van der Waals surface area contributed by atoms with E-state index in [1.165, 1.54) is 6.42 Å². The van der Waals surface area contributed by atoms with Crippen LogP contribution in [0, 0.1) is 11.3 Å². The maximum Gasteiger partial charge on any atom is 0.490 e. The molecular weight excluding hydrogens is 417 g/mol. The smallest absolute Gasteiger partial charge is 0.490 e. The number of allylic oxidation sites excluding steroid dienone is 1. The van der Waals surface area contributed by atoms with Crippen molar-refractivity contribution >= 4 is 11.9 Å². The van der Waals surface area contributed by atoms with Crippen molar-refractivity contribution in [1.29, 1.82) is 0 Å². The van der Waals surface area contributed by atoms with Gasteiger partial charge in [-0.2, -0.15) is 13.2 Å². The number of likely N-dealkylation sites (tertiary alicyclic amines) is 1. The normalized spacial score (nSPS) is 25.2. The molecule has 0 radical (unpaired) electrons. The number of nitrogens with zero attached hydrogens (tertiary/aromatic N) is 2.